The highest BCUT2D eigenvalue weighted by molar-refractivity contribution is 7.17. The lowest BCUT2D eigenvalue weighted by atomic mass is 9.94. The van der Waals surface area contributed by atoms with Crippen LogP contribution < -0.4 is 10.5 Å². The van der Waals surface area contributed by atoms with E-state index in [1.165, 1.54) is 22.5 Å². The summed E-state index contributed by atoms with van der Waals surface area (Å²) < 4.78 is 5.73. The summed E-state index contributed by atoms with van der Waals surface area (Å²) in [5, 5.41) is 20.1. The zero-order valence-corrected chi connectivity index (χ0v) is 19.7. The van der Waals surface area contributed by atoms with Gasteiger partial charge in [0.15, 0.2) is 0 Å². The smallest absolute Gasteiger partial charge is 0.217 e. The molecule has 2 heterocycles. The number of hydrogen-bond acceptors (Lipinski definition) is 7. The maximum atomic E-state index is 11.0. The van der Waals surface area contributed by atoms with Crippen molar-refractivity contribution in [2.24, 2.45) is 5.73 Å². The van der Waals surface area contributed by atoms with E-state index in [0.29, 0.717) is 17.7 Å². The molecule has 4 rings (SSSR count). The quantitative estimate of drug-likeness (QED) is 0.540. The molecule has 170 valence electrons. The highest BCUT2D eigenvalue weighted by atomic mass is 32.1. The number of nitrogens with zero attached hydrogens (tertiary/aromatic N) is 4. The number of nitrogens with two attached hydrogens (primary N) is 1. The van der Waals surface area contributed by atoms with Crippen LogP contribution in [0, 0.1) is 11.3 Å². The van der Waals surface area contributed by atoms with E-state index in [4.69, 9.17) is 10.5 Å². The Balaban J connectivity index is 1.54. The Bertz CT molecular complexity index is 1200. The molecule has 7 nitrogen and oxygen atoms in total. The standard InChI is InChI=1S/C25H27N5O2S/c1-16(2)32-22-9-8-17(13-19(22)14-26)24-28-29-25(33-24)21-6-3-5-18-15-30(12-10-20(18)21)11-4-7-23(27)31/h3,5-6,8-9,13,16H,4,7,10-12,15H2,1-2H3,(H2,27,31). The Labute approximate surface area is 197 Å². The minimum absolute atomic E-state index is 0.000540. The van der Waals surface area contributed by atoms with Crippen LogP contribution in [0.1, 0.15) is 43.4 Å². The van der Waals surface area contributed by atoms with E-state index in [9.17, 15) is 10.1 Å². The van der Waals surface area contributed by atoms with Crippen LogP contribution in [-0.2, 0) is 17.8 Å². The molecule has 1 aliphatic rings. The van der Waals surface area contributed by atoms with Crippen molar-refractivity contribution in [3.05, 3.63) is 53.1 Å². The van der Waals surface area contributed by atoms with Crippen molar-refractivity contribution in [2.45, 2.75) is 45.8 Å². The van der Waals surface area contributed by atoms with Crippen LogP contribution in [0.3, 0.4) is 0 Å². The van der Waals surface area contributed by atoms with E-state index in [-0.39, 0.29) is 12.0 Å². The summed E-state index contributed by atoms with van der Waals surface area (Å²) in [6.45, 7) is 6.54. The van der Waals surface area contributed by atoms with Crippen molar-refractivity contribution in [3.8, 4) is 33.0 Å². The molecule has 8 heteroatoms. The molecule has 3 aromatic rings. The largest absolute Gasteiger partial charge is 0.490 e. The van der Waals surface area contributed by atoms with Crippen LogP contribution in [0.4, 0.5) is 0 Å². The monoisotopic (exact) mass is 461 g/mol. The first-order valence-corrected chi connectivity index (χ1v) is 11.9. The summed E-state index contributed by atoms with van der Waals surface area (Å²) in [6.07, 6.45) is 2.14. The molecule has 0 atom stereocenters. The molecule has 2 N–H and O–H groups in total. The molecule has 0 unspecified atom stereocenters. The zero-order chi connectivity index (χ0) is 23.4. The third-order valence-electron chi connectivity index (χ3n) is 5.61. The maximum Gasteiger partial charge on any atom is 0.217 e. The van der Waals surface area contributed by atoms with E-state index in [1.54, 1.807) is 0 Å². The Kier molecular flexibility index (Phi) is 7.02. The number of nitriles is 1. The fourth-order valence-electron chi connectivity index (χ4n) is 4.09. The molecule has 0 radical (unpaired) electrons. The highest BCUT2D eigenvalue weighted by Crippen LogP contribution is 2.36. The number of aromatic nitrogens is 2. The molecule has 0 aliphatic carbocycles. The first-order valence-electron chi connectivity index (χ1n) is 11.1. The molecule has 33 heavy (non-hydrogen) atoms. The third kappa shape index (κ3) is 5.38. The summed E-state index contributed by atoms with van der Waals surface area (Å²) in [6, 6.07) is 14.1. The molecule has 1 aromatic heterocycles. The van der Waals surface area contributed by atoms with Crippen molar-refractivity contribution in [1.82, 2.24) is 15.1 Å². The van der Waals surface area contributed by atoms with Gasteiger partial charge in [-0.15, -0.1) is 10.2 Å². The van der Waals surface area contributed by atoms with E-state index >= 15 is 0 Å². The summed E-state index contributed by atoms with van der Waals surface area (Å²) in [7, 11) is 0. The van der Waals surface area contributed by atoms with Gasteiger partial charge in [-0.25, -0.2) is 0 Å². The number of fused-ring (bicyclic) bond motifs is 1. The summed E-state index contributed by atoms with van der Waals surface area (Å²) in [4.78, 5) is 13.4. The average molecular weight is 462 g/mol. The summed E-state index contributed by atoms with van der Waals surface area (Å²) in [5.74, 6) is 0.337. The topological polar surface area (TPSA) is 105 Å². The molecule has 0 spiro atoms. The van der Waals surface area contributed by atoms with Gasteiger partial charge >= 0.3 is 0 Å². The van der Waals surface area contributed by atoms with Gasteiger partial charge in [-0.05, 0) is 62.6 Å². The first kappa shape index (κ1) is 22.9. The number of carbonyl (C=O) groups is 1. The lowest BCUT2D eigenvalue weighted by Crippen LogP contribution is -2.32. The van der Waals surface area contributed by atoms with E-state index < -0.39 is 0 Å². The predicted molar refractivity (Wildman–Crippen MR) is 129 cm³/mol. The van der Waals surface area contributed by atoms with Crippen LogP contribution >= 0.6 is 11.3 Å². The van der Waals surface area contributed by atoms with Crippen molar-refractivity contribution in [1.29, 1.82) is 5.26 Å². The van der Waals surface area contributed by atoms with Gasteiger partial charge in [0.05, 0.1) is 11.7 Å². The zero-order valence-electron chi connectivity index (χ0n) is 18.9. The minimum Gasteiger partial charge on any atom is -0.490 e. The fraction of sp³-hybridized carbons (Fsp3) is 0.360. The minimum atomic E-state index is -0.245. The van der Waals surface area contributed by atoms with Crippen molar-refractivity contribution in [3.63, 3.8) is 0 Å². The SMILES string of the molecule is CC(C)Oc1ccc(-c2nnc(-c3cccc4c3CCN(CCCC(N)=O)C4)s2)cc1C#N. The molecular formula is C25H27N5O2S. The Morgan fingerprint density at radius 2 is 2.09 bits per heavy atom. The van der Waals surface area contributed by atoms with Gasteiger partial charge in [-0.1, -0.05) is 29.5 Å². The summed E-state index contributed by atoms with van der Waals surface area (Å²) in [5.41, 5.74) is 10.3. The van der Waals surface area contributed by atoms with Crippen LogP contribution in [0.15, 0.2) is 36.4 Å². The number of amides is 1. The van der Waals surface area contributed by atoms with Crippen molar-refractivity contribution < 1.29 is 9.53 Å². The molecule has 1 aliphatic heterocycles. The maximum absolute atomic E-state index is 11.0. The van der Waals surface area contributed by atoms with Crippen LogP contribution in [0.25, 0.3) is 21.1 Å². The Morgan fingerprint density at radius 3 is 2.85 bits per heavy atom. The number of benzene rings is 2. The second kappa shape index (κ2) is 10.1. The Hall–Kier alpha value is -3.28. The fourth-order valence-corrected chi connectivity index (χ4v) is 4.98. The molecule has 0 bridgehead atoms. The van der Waals surface area contributed by atoms with Crippen LogP contribution in [-0.4, -0.2) is 40.2 Å². The Morgan fingerprint density at radius 1 is 1.27 bits per heavy atom. The second-order valence-corrected chi connectivity index (χ2v) is 9.42. The van der Waals surface area contributed by atoms with E-state index in [1.807, 2.05) is 32.0 Å². The molecule has 0 saturated heterocycles. The number of carbonyl (C=O) groups excluding carboxylic acids is 1. The van der Waals surface area contributed by atoms with Gasteiger partial charge in [0.25, 0.3) is 0 Å². The molecule has 0 fully saturated rings. The second-order valence-electron chi connectivity index (χ2n) is 8.44. The summed E-state index contributed by atoms with van der Waals surface area (Å²) >= 11 is 1.53. The lowest BCUT2D eigenvalue weighted by molar-refractivity contribution is -0.118. The van der Waals surface area contributed by atoms with E-state index in [2.05, 4.69) is 39.4 Å². The van der Waals surface area contributed by atoms with Crippen LogP contribution in [0.5, 0.6) is 5.75 Å². The lowest BCUT2D eigenvalue weighted by Gasteiger charge is -2.29. The van der Waals surface area contributed by atoms with Crippen LogP contribution in [0.2, 0.25) is 0 Å². The van der Waals surface area contributed by atoms with Gasteiger partial charge in [0.2, 0.25) is 5.91 Å². The molecule has 2 aromatic carbocycles. The normalized spacial score (nSPS) is 13.5. The molecule has 0 saturated carbocycles. The van der Waals surface area contributed by atoms with Gasteiger partial charge < -0.3 is 10.5 Å². The third-order valence-corrected chi connectivity index (χ3v) is 6.61. The molecular weight excluding hydrogens is 434 g/mol. The van der Waals surface area contributed by atoms with Gasteiger partial charge in [0.1, 0.15) is 21.8 Å². The van der Waals surface area contributed by atoms with Crippen molar-refractivity contribution in [2.75, 3.05) is 13.1 Å². The first-order chi connectivity index (χ1) is 15.9. The van der Waals surface area contributed by atoms with Gasteiger partial charge in [-0.3, -0.25) is 9.69 Å². The van der Waals surface area contributed by atoms with E-state index in [0.717, 1.165) is 53.6 Å². The number of ether oxygens (including phenoxy) is 1. The number of hydrogen-bond donors (Lipinski definition) is 1. The predicted octanol–water partition coefficient (Wildman–Crippen LogP) is 4.15. The van der Waals surface area contributed by atoms with Gasteiger partial charge in [0, 0.05) is 30.6 Å². The molecule has 1 amide bonds. The van der Waals surface area contributed by atoms with Gasteiger partial charge in [-0.2, -0.15) is 5.26 Å². The number of primary amides is 1. The average Bonchev–Trinajstić information content (AvgIpc) is 3.28. The van der Waals surface area contributed by atoms with Crippen molar-refractivity contribution >= 4 is 17.2 Å². The number of rotatable bonds is 8. The highest BCUT2D eigenvalue weighted by Gasteiger charge is 2.21.